The summed E-state index contributed by atoms with van der Waals surface area (Å²) in [5, 5.41) is 2.74. The molecule has 1 aromatic carbocycles. The number of benzene rings is 1. The van der Waals surface area contributed by atoms with E-state index in [1.165, 1.54) is 0 Å². The molecule has 5 heteroatoms. The fraction of sp³-hybridized carbons (Fsp3) is 0.333. The molecule has 0 aliphatic rings. The van der Waals surface area contributed by atoms with Crippen molar-refractivity contribution in [1.29, 1.82) is 0 Å². The molecular weight excluding hydrogens is 306 g/mol. The molecule has 1 aromatic rings. The summed E-state index contributed by atoms with van der Waals surface area (Å²) < 4.78 is 36.4. The monoisotopic (exact) mass is 315 g/mol. The number of hydrogen-bond donors (Lipinski definition) is 1. The minimum Gasteiger partial charge on any atom is -0.384 e. The van der Waals surface area contributed by atoms with Crippen LogP contribution in [0.4, 0.5) is 18.9 Å². The van der Waals surface area contributed by atoms with Crippen molar-refractivity contribution in [3.8, 4) is 0 Å². The van der Waals surface area contributed by atoms with Crippen LogP contribution in [0.15, 0.2) is 24.3 Å². The fourth-order valence-corrected chi connectivity index (χ4v) is 1.52. The first-order valence-electron chi connectivity index (χ1n) is 4.04. The predicted octanol–water partition coefficient (Wildman–Crippen LogP) is 3.66. The molecule has 0 radical (unpaired) electrons. The highest BCUT2D eigenvalue weighted by molar-refractivity contribution is 14.1. The third kappa shape index (κ3) is 4.17. The molecule has 14 heavy (non-hydrogen) atoms. The molecule has 78 valence electrons. The molecule has 0 saturated heterocycles. The van der Waals surface area contributed by atoms with Crippen molar-refractivity contribution < 1.29 is 13.2 Å². The fourth-order valence-electron chi connectivity index (χ4n) is 0.943. The lowest BCUT2D eigenvalue weighted by Gasteiger charge is -2.09. The van der Waals surface area contributed by atoms with E-state index in [2.05, 4.69) is 27.9 Å². The van der Waals surface area contributed by atoms with Crippen molar-refractivity contribution in [3.05, 3.63) is 27.8 Å². The number of para-hydroxylation sites is 1. The van der Waals surface area contributed by atoms with Gasteiger partial charge in [0.05, 0.1) is 6.42 Å². The van der Waals surface area contributed by atoms with Crippen LogP contribution in [-0.2, 0) is 0 Å². The summed E-state index contributed by atoms with van der Waals surface area (Å²) in [6, 6.07) is 7.24. The quantitative estimate of drug-likeness (QED) is 0.840. The van der Waals surface area contributed by atoms with E-state index in [-0.39, 0.29) is 6.54 Å². The number of rotatable bonds is 3. The van der Waals surface area contributed by atoms with Crippen molar-refractivity contribution in [2.45, 2.75) is 12.6 Å². The van der Waals surface area contributed by atoms with E-state index in [9.17, 15) is 13.2 Å². The first-order valence-corrected chi connectivity index (χ1v) is 5.12. The van der Waals surface area contributed by atoms with Gasteiger partial charge in [-0.2, -0.15) is 13.2 Å². The van der Waals surface area contributed by atoms with E-state index in [0.29, 0.717) is 0 Å². The van der Waals surface area contributed by atoms with E-state index in [0.717, 1.165) is 9.26 Å². The smallest absolute Gasteiger partial charge is 0.384 e. The zero-order valence-electron chi connectivity index (χ0n) is 7.24. The zero-order chi connectivity index (χ0) is 10.6. The highest BCUT2D eigenvalue weighted by atomic mass is 127. The number of alkyl halides is 3. The van der Waals surface area contributed by atoms with Crippen LogP contribution in [0.5, 0.6) is 0 Å². The molecule has 1 N–H and O–H groups in total. The lowest BCUT2D eigenvalue weighted by molar-refractivity contribution is -0.131. The summed E-state index contributed by atoms with van der Waals surface area (Å²) in [6.45, 7) is -0.0798. The SMILES string of the molecule is FC(F)(F)CCNc1ccccc1I. The Hall–Kier alpha value is -0.460. The van der Waals surface area contributed by atoms with Gasteiger partial charge in [0.1, 0.15) is 0 Å². The van der Waals surface area contributed by atoms with Crippen molar-refractivity contribution >= 4 is 28.3 Å². The summed E-state index contributed by atoms with van der Waals surface area (Å²) in [5.74, 6) is 0. The Bertz CT molecular complexity index is 298. The molecule has 0 saturated carbocycles. The van der Waals surface area contributed by atoms with Gasteiger partial charge < -0.3 is 5.32 Å². The Balaban J connectivity index is 2.43. The normalized spacial score (nSPS) is 11.4. The minimum atomic E-state index is -4.09. The molecule has 0 amide bonds. The second-order valence-electron chi connectivity index (χ2n) is 2.77. The number of anilines is 1. The van der Waals surface area contributed by atoms with Crippen LogP contribution in [0.25, 0.3) is 0 Å². The third-order valence-corrected chi connectivity index (χ3v) is 2.54. The highest BCUT2D eigenvalue weighted by Crippen LogP contribution is 2.21. The molecule has 0 aliphatic carbocycles. The molecule has 0 unspecified atom stereocenters. The van der Waals surface area contributed by atoms with E-state index in [4.69, 9.17) is 0 Å². The third-order valence-electron chi connectivity index (χ3n) is 1.60. The average molecular weight is 315 g/mol. The lowest BCUT2D eigenvalue weighted by atomic mass is 10.3. The van der Waals surface area contributed by atoms with Crippen LogP contribution in [0.3, 0.4) is 0 Å². The first-order chi connectivity index (χ1) is 6.49. The van der Waals surface area contributed by atoms with Crippen molar-refractivity contribution in [2.75, 3.05) is 11.9 Å². The zero-order valence-corrected chi connectivity index (χ0v) is 9.39. The van der Waals surface area contributed by atoms with E-state index >= 15 is 0 Å². The van der Waals surface area contributed by atoms with Gasteiger partial charge in [0.15, 0.2) is 0 Å². The molecule has 0 spiro atoms. The maximum Gasteiger partial charge on any atom is 0.390 e. The topological polar surface area (TPSA) is 12.0 Å². The summed E-state index contributed by atoms with van der Waals surface area (Å²) in [5.41, 5.74) is 0.748. The molecular formula is C9H9F3IN. The van der Waals surface area contributed by atoms with Crippen LogP contribution >= 0.6 is 22.6 Å². The Kier molecular flexibility index (Phi) is 4.03. The standard InChI is InChI=1S/C9H9F3IN/c10-9(11,12)5-6-14-8-4-2-1-3-7(8)13/h1-4,14H,5-6H2. The van der Waals surface area contributed by atoms with Gasteiger partial charge in [0.25, 0.3) is 0 Å². The van der Waals surface area contributed by atoms with Gasteiger partial charge >= 0.3 is 6.18 Å². The number of halogens is 4. The van der Waals surface area contributed by atoms with E-state index < -0.39 is 12.6 Å². The Morgan fingerprint density at radius 1 is 1.21 bits per heavy atom. The van der Waals surface area contributed by atoms with Gasteiger partial charge in [-0.15, -0.1) is 0 Å². The highest BCUT2D eigenvalue weighted by Gasteiger charge is 2.26. The van der Waals surface area contributed by atoms with Crippen LogP contribution in [0.2, 0.25) is 0 Å². The minimum absolute atomic E-state index is 0.0798. The second kappa shape index (κ2) is 4.86. The molecule has 0 heterocycles. The Labute approximate surface area is 93.8 Å². The largest absolute Gasteiger partial charge is 0.390 e. The first kappa shape index (κ1) is 11.6. The van der Waals surface area contributed by atoms with Gasteiger partial charge in [0, 0.05) is 15.8 Å². The summed E-state index contributed by atoms with van der Waals surface area (Å²) in [7, 11) is 0. The van der Waals surface area contributed by atoms with E-state index in [1.807, 2.05) is 12.1 Å². The van der Waals surface area contributed by atoms with Gasteiger partial charge in [-0.3, -0.25) is 0 Å². The summed E-state index contributed by atoms with van der Waals surface area (Å²) in [6.07, 6.45) is -4.90. The molecule has 1 rings (SSSR count). The number of nitrogens with one attached hydrogen (secondary N) is 1. The van der Waals surface area contributed by atoms with Crippen molar-refractivity contribution in [3.63, 3.8) is 0 Å². The molecule has 0 atom stereocenters. The summed E-state index contributed by atoms with van der Waals surface area (Å²) in [4.78, 5) is 0. The van der Waals surface area contributed by atoms with Crippen LogP contribution in [0, 0.1) is 3.57 Å². The Morgan fingerprint density at radius 2 is 1.86 bits per heavy atom. The maximum atomic E-state index is 11.8. The maximum absolute atomic E-state index is 11.8. The molecule has 1 nitrogen and oxygen atoms in total. The molecule has 0 aliphatic heterocycles. The van der Waals surface area contributed by atoms with Crippen LogP contribution in [0.1, 0.15) is 6.42 Å². The second-order valence-corrected chi connectivity index (χ2v) is 3.93. The van der Waals surface area contributed by atoms with E-state index in [1.54, 1.807) is 12.1 Å². The Morgan fingerprint density at radius 3 is 2.43 bits per heavy atom. The van der Waals surface area contributed by atoms with Crippen molar-refractivity contribution in [2.24, 2.45) is 0 Å². The van der Waals surface area contributed by atoms with Crippen molar-refractivity contribution in [1.82, 2.24) is 0 Å². The molecule has 0 fully saturated rings. The lowest BCUT2D eigenvalue weighted by Crippen LogP contribution is -2.14. The van der Waals surface area contributed by atoms with Crippen LogP contribution in [-0.4, -0.2) is 12.7 Å². The molecule has 0 aromatic heterocycles. The van der Waals surface area contributed by atoms with Gasteiger partial charge in [-0.25, -0.2) is 0 Å². The van der Waals surface area contributed by atoms with Gasteiger partial charge in [-0.1, -0.05) is 12.1 Å². The number of hydrogen-bond acceptors (Lipinski definition) is 1. The van der Waals surface area contributed by atoms with Gasteiger partial charge in [-0.05, 0) is 34.7 Å². The van der Waals surface area contributed by atoms with Crippen LogP contribution < -0.4 is 5.32 Å². The average Bonchev–Trinajstić information content (AvgIpc) is 2.06. The molecule has 0 bridgehead atoms. The summed E-state index contributed by atoms with van der Waals surface area (Å²) >= 11 is 2.08. The predicted molar refractivity (Wildman–Crippen MR) is 58.3 cm³/mol. The van der Waals surface area contributed by atoms with Gasteiger partial charge in [0.2, 0.25) is 0 Å².